The maximum Gasteiger partial charge on any atom is 0.0754 e. The third-order valence-electron chi connectivity index (χ3n) is 19.2. The maximum absolute atomic E-state index is 2.57. The number of aromatic nitrogens is 1. The van der Waals surface area contributed by atoms with Gasteiger partial charge in [0.25, 0.3) is 0 Å². The number of fused-ring (bicyclic) bond motifs is 25. The maximum atomic E-state index is 2.57. The number of benzene rings is 12. The molecule has 18 rings (SSSR count). The molecule has 4 aliphatic carbocycles. The zero-order valence-electron chi connectivity index (χ0n) is 43.8. The Kier molecular flexibility index (Phi) is 8.37. The molecule has 0 amide bonds. The summed E-state index contributed by atoms with van der Waals surface area (Å²) in [5.41, 5.74) is 32.0. The minimum absolute atomic E-state index is 0.192. The Hall–Kier alpha value is -9.76. The standard InChI is InChI=1S/C77H50N2/c1-75(2)61-28-10-3-21-51(61)56-42-39-48(45-68(56)75)78(49-40-43-58-55-25-6-13-31-64(55)76(70(58)46-49)62-29-11-4-22-52(62)53-23-5-12-30-63(53)76)71-35-16-8-20-50(71)47-38-41-57-54-24-7-14-32-65(54)77(69(57)44-47)66-33-15-18-37-73(66)79-72-36-17-9-26-59(72)60-27-19-34-67(77)74(60)79/h3-46H,1-2H3. The largest absolute Gasteiger partial charge is 0.310 e. The molecule has 12 aromatic carbocycles. The van der Waals surface area contributed by atoms with Crippen molar-refractivity contribution in [1.29, 1.82) is 0 Å². The van der Waals surface area contributed by atoms with Crippen LogP contribution in [-0.2, 0) is 16.2 Å². The lowest BCUT2D eigenvalue weighted by molar-refractivity contribution is 0.660. The fourth-order valence-corrected chi connectivity index (χ4v) is 16.1. The molecular formula is C77H50N2. The normalized spacial score (nSPS) is 16.2. The van der Waals surface area contributed by atoms with Crippen molar-refractivity contribution in [2.45, 2.75) is 30.1 Å². The van der Waals surface area contributed by atoms with E-state index in [-0.39, 0.29) is 5.41 Å². The Morgan fingerprint density at radius 2 is 0.709 bits per heavy atom. The molecule has 1 unspecified atom stereocenters. The first-order valence-electron chi connectivity index (χ1n) is 27.9. The summed E-state index contributed by atoms with van der Waals surface area (Å²) in [4.78, 5) is 2.57. The van der Waals surface area contributed by atoms with Crippen LogP contribution >= 0.6 is 0 Å². The molecule has 1 atom stereocenters. The minimum atomic E-state index is -0.575. The van der Waals surface area contributed by atoms with Gasteiger partial charge in [-0.05, 0) is 154 Å². The highest BCUT2D eigenvalue weighted by Crippen LogP contribution is 2.65. The molecule has 0 N–H and O–H groups in total. The number of hydrogen-bond donors (Lipinski definition) is 0. The van der Waals surface area contributed by atoms with Crippen molar-refractivity contribution in [3.63, 3.8) is 0 Å². The van der Waals surface area contributed by atoms with E-state index in [2.05, 4.69) is 290 Å². The van der Waals surface area contributed by atoms with Gasteiger partial charge < -0.3 is 9.47 Å². The average molecular weight is 1000 g/mol. The first-order chi connectivity index (χ1) is 39.0. The van der Waals surface area contributed by atoms with E-state index in [1.54, 1.807) is 0 Å². The lowest BCUT2D eigenvalue weighted by Gasteiger charge is -2.39. The molecule has 2 heterocycles. The Morgan fingerprint density at radius 3 is 1.34 bits per heavy atom. The second kappa shape index (κ2) is 15.2. The zero-order chi connectivity index (χ0) is 51.9. The SMILES string of the molecule is CC1(C)c2ccccc2-c2ccc(N(c3ccc4c(c3)C3(c5ccccc5-c5ccccc53)c3ccccc3-4)c3ccccc3-c3ccc4c(c3)C3(c5ccccc5-4)c4ccccc4-n4c5ccccc5c5cccc3c54)cc21. The van der Waals surface area contributed by atoms with Crippen molar-refractivity contribution in [2.24, 2.45) is 0 Å². The van der Waals surface area contributed by atoms with Gasteiger partial charge >= 0.3 is 0 Å². The number of anilines is 3. The summed E-state index contributed by atoms with van der Waals surface area (Å²) < 4.78 is 2.54. The molecule has 1 aromatic heterocycles. The van der Waals surface area contributed by atoms with Crippen LogP contribution in [0.5, 0.6) is 0 Å². The monoisotopic (exact) mass is 1000 g/mol. The Morgan fingerprint density at radius 1 is 0.291 bits per heavy atom. The summed E-state index contributed by atoms with van der Waals surface area (Å²) in [5, 5.41) is 2.57. The van der Waals surface area contributed by atoms with Gasteiger partial charge in [-0.3, -0.25) is 0 Å². The van der Waals surface area contributed by atoms with Gasteiger partial charge in [-0.2, -0.15) is 0 Å². The number of nitrogens with zero attached hydrogens (tertiary/aromatic N) is 2. The molecule has 13 aromatic rings. The lowest BCUT2D eigenvalue weighted by Crippen LogP contribution is -2.33. The summed E-state index contributed by atoms with van der Waals surface area (Å²) in [6, 6.07) is 102. The lowest BCUT2D eigenvalue weighted by atomic mass is 9.65. The molecular weight excluding hydrogens is 953 g/mol. The molecule has 0 bridgehead atoms. The van der Waals surface area contributed by atoms with Gasteiger partial charge in [0.15, 0.2) is 0 Å². The van der Waals surface area contributed by atoms with Crippen molar-refractivity contribution in [3.05, 3.63) is 323 Å². The van der Waals surface area contributed by atoms with Crippen molar-refractivity contribution < 1.29 is 0 Å². The van der Waals surface area contributed by atoms with Crippen LogP contribution in [0.3, 0.4) is 0 Å². The van der Waals surface area contributed by atoms with E-state index in [1.807, 2.05) is 0 Å². The van der Waals surface area contributed by atoms with Crippen LogP contribution in [0.25, 0.3) is 83.1 Å². The van der Waals surface area contributed by atoms with Gasteiger partial charge in [-0.1, -0.05) is 232 Å². The van der Waals surface area contributed by atoms with Crippen LogP contribution in [0.1, 0.15) is 69.5 Å². The van der Waals surface area contributed by atoms with Gasteiger partial charge in [-0.15, -0.1) is 0 Å². The van der Waals surface area contributed by atoms with E-state index in [1.165, 1.54) is 139 Å². The van der Waals surface area contributed by atoms with Gasteiger partial charge in [0.2, 0.25) is 0 Å². The molecule has 79 heavy (non-hydrogen) atoms. The number of rotatable bonds is 4. The minimum Gasteiger partial charge on any atom is -0.310 e. The van der Waals surface area contributed by atoms with Gasteiger partial charge in [-0.25, -0.2) is 0 Å². The van der Waals surface area contributed by atoms with Crippen molar-refractivity contribution in [1.82, 2.24) is 4.57 Å². The second-order valence-electron chi connectivity index (χ2n) is 23.0. The van der Waals surface area contributed by atoms with Gasteiger partial charge in [0, 0.05) is 33.1 Å². The third kappa shape index (κ3) is 5.23. The fourth-order valence-electron chi connectivity index (χ4n) is 16.1. The van der Waals surface area contributed by atoms with Crippen molar-refractivity contribution in [3.8, 4) is 61.3 Å². The third-order valence-corrected chi connectivity index (χ3v) is 19.2. The van der Waals surface area contributed by atoms with Crippen LogP contribution in [0.2, 0.25) is 0 Å². The predicted molar refractivity (Wildman–Crippen MR) is 326 cm³/mol. The van der Waals surface area contributed by atoms with E-state index in [9.17, 15) is 0 Å². The van der Waals surface area contributed by atoms with Crippen molar-refractivity contribution >= 4 is 38.9 Å². The van der Waals surface area contributed by atoms with E-state index in [0.29, 0.717) is 0 Å². The molecule has 0 radical (unpaired) electrons. The second-order valence-corrected chi connectivity index (χ2v) is 23.0. The average Bonchev–Trinajstić information content (AvgIpc) is 3.99. The summed E-state index contributed by atoms with van der Waals surface area (Å²) >= 11 is 0. The highest BCUT2D eigenvalue weighted by Gasteiger charge is 2.53. The quantitative estimate of drug-likeness (QED) is 0.171. The molecule has 2 spiro atoms. The number of hydrogen-bond acceptors (Lipinski definition) is 1. The summed E-state index contributed by atoms with van der Waals surface area (Å²) in [7, 11) is 0. The molecule has 2 heteroatoms. The Bertz CT molecular complexity index is 4790. The molecule has 0 saturated heterocycles. The molecule has 0 saturated carbocycles. The first kappa shape index (κ1) is 43.4. The molecule has 1 aliphatic heterocycles. The highest BCUT2D eigenvalue weighted by molar-refractivity contribution is 6.13. The molecule has 0 fully saturated rings. The summed E-state index contributed by atoms with van der Waals surface area (Å²) in [6.07, 6.45) is 0. The summed E-state index contributed by atoms with van der Waals surface area (Å²) in [5.74, 6) is 0. The van der Waals surface area contributed by atoms with Crippen LogP contribution in [0.15, 0.2) is 267 Å². The van der Waals surface area contributed by atoms with E-state index < -0.39 is 10.8 Å². The van der Waals surface area contributed by atoms with Gasteiger partial charge in [0.05, 0.1) is 33.2 Å². The fraction of sp³-hybridized carbons (Fsp3) is 0.0649. The van der Waals surface area contributed by atoms with Crippen LogP contribution < -0.4 is 4.90 Å². The zero-order valence-corrected chi connectivity index (χ0v) is 43.8. The molecule has 368 valence electrons. The van der Waals surface area contributed by atoms with Crippen LogP contribution in [0, 0.1) is 0 Å². The van der Waals surface area contributed by atoms with Crippen molar-refractivity contribution in [2.75, 3.05) is 4.90 Å². The smallest absolute Gasteiger partial charge is 0.0754 e. The topological polar surface area (TPSA) is 8.17 Å². The Balaban J connectivity index is 0.898. The van der Waals surface area contributed by atoms with Crippen LogP contribution in [-0.4, -0.2) is 4.57 Å². The summed E-state index contributed by atoms with van der Waals surface area (Å²) in [6.45, 7) is 4.79. The highest BCUT2D eigenvalue weighted by atomic mass is 15.1. The van der Waals surface area contributed by atoms with Gasteiger partial charge in [0.1, 0.15) is 0 Å². The van der Waals surface area contributed by atoms with E-state index in [0.717, 1.165) is 17.1 Å². The molecule has 2 nitrogen and oxygen atoms in total. The number of para-hydroxylation sites is 4. The first-order valence-corrected chi connectivity index (χ1v) is 27.9. The molecule has 5 aliphatic rings. The van der Waals surface area contributed by atoms with E-state index in [4.69, 9.17) is 0 Å². The van der Waals surface area contributed by atoms with E-state index >= 15 is 0 Å². The predicted octanol–water partition coefficient (Wildman–Crippen LogP) is 19.2. The van der Waals surface area contributed by atoms with Crippen LogP contribution in [0.4, 0.5) is 17.1 Å². The Labute approximate surface area is 459 Å².